The van der Waals surface area contributed by atoms with Crippen molar-refractivity contribution in [3.8, 4) is 23.7 Å². The molecule has 1 aromatic heterocycles. The molecular weight excluding hydrogens is 350 g/mol. The van der Waals surface area contributed by atoms with Crippen molar-refractivity contribution in [1.82, 2.24) is 0 Å². The van der Waals surface area contributed by atoms with Gasteiger partial charge in [-0.05, 0) is 65.1 Å². The second-order valence-electron chi connectivity index (χ2n) is 6.51. The molecule has 0 saturated carbocycles. The molecule has 0 fully saturated rings. The van der Waals surface area contributed by atoms with Crippen LogP contribution in [0.5, 0.6) is 5.75 Å². The minimum atomic E-state index is -0.0352. The lowest BCUT2D eigenvalue weighted by Crippen LogP contribution is -1.97. The first-order valence-corrected chi connectivity index (χ1v) is 10.1. The maximum Gasteiger partial charge on any atom is 0.119 e. The van der Waals surface area contributed by atoms with Gasteiger partial charge in [0, 0.05) is 4.70 Å². The van der Waals surface area contributed by atoms with E-state index < -0.39 is 0 Å². The van der Waals surface area contributed by atoms with Gasteiger partial charge in [0.2, 0.25) is 0 Å². The molecule has 0 bridgehead atoms. The Kier molecular flexibility index (Phi) is 6.53. The van der Waals surface area contributed by atoms with Gasteiger partial charge in [0.1, 0.15) is 12.4 Å². The van der Waals surface area contributed by atoms with Crippen molar-refractivity contribution in [3.63, 3.8) is 0 Å². The van der Waals surface area contributed by atoms with Crippen molar-refractivity contribution in [2.75, 3.05) is 0 Å². The van der Waals surface area contributed by atoms with Crippen LogP contribution < -0.4 is 4.74 Å². The lowest BCUT2D eigenvalue weighted by Gasteiger charge is -2.10. The van der Waals surface area contributed by atoms with Crippen molar-refractivity contribution in [2.24, 2.45) is 0 Å². The van der Waals surface area contributed by atoms with Gasteiger partial charge in [-0.3, -0.25) is 0 Å². The quantitative estimate of drug-likeness (QED) is 0.446. The average Bonchev–Trinajstić information content (AvgIpc) is 3.09. The smallest absolute Gasteiger partial charge is 0.119 e. The van der Waals surface area contributed by atoms with E-state index in [2.05, 4.69) is 48.4 Å². The number of fused-ring (bicyclic) bond motifs is 1. The normalized spacial score (nSPS) is 11.4. The molecule has 0 radical (unpaired) electrons. The monoisotopic (exact) mass is 373 g/mol. The maximum absolute atomic E-state index is 8.96. The Balaban J connectivity index is 1.69. The molecule has 0 amide bonds. The predicted octanol–water partition coefficient (Wildman–Crippen LogP) is 6.45. The zero-order chi connectivity index (χ0) is 19.1. The first kappa shape index (κ1) is 19.0. The maximum atomic E-state index is 8.96. The number of thiophene rings is 1. The molecule has 1 atom stereocenters. The van der Waals surface area contributed by atoms with Gasteiger partial charge in [-0.1, -0.05) is 37.5 Å². The largest absolute Gasteiger partial charge is 0.489 e. The van der Waals surface area contributed by atoms with E-state index in [1.807, 2.05) is 35.6 Å². The molecule has 3 aromatic rings. The minimum absolute atomic E-state index is 0.0352. The number of nitrogens with zero attached hydrogens (tertiary/aromatic N) is 1. The van der Waals surface area contributed by atoms with Crippen molar-refractivity contribution in [3.05, 3.63) is 64.5 Å². The fourth-order valence-electron chi connectivity index (χ4n) is 3.16. The summed E-state index contributed by atoms with van der Waals surface area (Å²) in [7, 11) is 0. The van der Waals surface area contributed by atoms with Crippen molar-refractivity contribution in [2.45, 2.75) is 45.6 Å². The van der Waals surface area contributed by atoms with Crippen LogP contribution in [-0.2, 0) is 13.0 Å². The van der Waals surface area contributed by atoms with E-state index in [-0.39, 0.29) is 5.92 Å². The van der Waals surface area contributed by atoms with Crippen LogP contribution in [0.4, 0.5) is 0 Å². The van der Waals surface area contributed by atoms with Gasteiger partial charge in [-0.25, -0.2) is 0 Å². The number of aryl methyl sites for hydroxylation is 1. The van der Waals surface area contributed by atoms with Crippen LogP contribution in [0.15, 0.2) is 47.8 Å². The molecule has 3 rings (SSSR count). The number of benzene rings is 2. The second kappa shape index (κ2) is 9.26. The number of hydrogen-bond acceptors (Lipinski definition) is 3. The Morgan fingerprint density at radius 2 is 1.96 bits per heavy atom. The number of nitriles is 1. The molecule has 0 aliphatic rings. The van der Waals surface area contributed by atoms with E-state index in [4.69, 9.17) is 10.00 Å². The van der Waals surface area contributed by atoms with Crippen molar-refractivity contribution in [1.29, 1.82) is 5.26 Å². The van der Waals surface area contributed by atoms with Gasteiger partial charge in [0.25, 0.3) is 0 Å². The summed E-state index contributed by atoms with van der Waals surface area (Å²) in [6, 6.07) is 16.7. The predicted molar refractivity (Wildman–Crippen MR) is 113 cm³/mol. The third kappa shape index (κ3) is 4.70. The highest BCUT2D eigenvalue weighted by atomic mass is 32.1. The molecule has 2 nitrogen and oxygen atoms in total. The molecule has 1 heterocycles. The molecule has 0 spiro atoms. The fraction of sp³-hybridized carbons (Fsp3) is 0.292. The molecule has 0 N–H and O–H groups in total. The standard InChI is InChI=1S/C24H23NOS/c1-3-5-19(13-14-25)20-8-10-22(11-9-20)26-16-18-7-12-24-23(15-18)21(6-4-2)17-27-24/h7-12,15,17,19H,4,6,13,16H2,1-2H3/t19-/m0/s1. The van der Waals surface area contributed by atoms with Gasteiger partial charge in [-0.15, -0.1) is 17.3 Å². The summed E-state index contributed by atoms with van der Waals surface area (Å²) in [4.78, 5) is 0. The van der Waals surface area contributed by atoms with E-state index in [0.717, 1.165) is 24.2 Å². The van der Waals surface area contributed by atoms with Gasteiger partial charge < -0.3 is 4.74 Å². The van der Waals surface area contributed by atoms with Crippen LogP contribution in [0.25, 0.3) is 10.1 Å². The zero-order valence-electron chi connectivity index (χ0n) is 15.8. The Bertz CT molecular complexity index is 999. The van der Waals surface area contributed by atoms with Gasteiger partial charge in [-0.2, -0.15) is 5.26 Å². The summed E-state index contributed by atoms with van der Waals surface area (Å²) in [6.45, 7) is 4.57. The molecular formula is C24H23NOS. The Morgan fingerprint density at radius 3 is 2.67 bits per heavy atom. The van der Waals surface area contributed by atoms with Gasteiger partial charge >= 0.3 is 0 Å². The van der Waals surface area contributed by atoms with Crippen LogP contribution in [0.1, 0.15) is 49.3 Å². The lowest BCUT2D eigenvalue weighted by molar-refractivity contribution is 0.306. The summed E-state index contributed by atoms with van der Waals surface area (Å²) in [5.41, 5.74) is 3.67. The van der Waals surface area contributed by atoms with E-state index in [1.54, 1.807) is 6.92 Å². The molecule has 0 aliphatic heterocycles. The zero-order valence-corrected chi connectivity index (χ0v) is 16.6. The van der Waals surface area contributed by atoms with Crippen molar-refractivity contribution >= 4 is 21.4 Å². The summed E-state index contributed by atoms with van der Waals surface area (Å²) >= 11 is 1.81. The first-order chi connectivity index (χ1) is 13.2. The molecule has 0 aliphatic carbocycles. The van der Waals surface area contributed by atoms with Crippen LogP contribution >= 0.6 is 11.3 Å². The molecule has 0 saturated heterocycles. The Morgan fingerprint density at radius 1 is 1.15 bits per heavy atom. The SMILES string of the molecule is CC#C[C@@H](CC#N)c1ccc(OCc2ccc3scc(CCC)c3c2)cc1. The first-order valence-electron chi connectivity index (χ1n) is 9.26. The minimum Gasteiger partial charge on any atom is -0.489 e. The molecule has 0 unspecified atom stereocenters. The highest BCUT2D eigenvalue weighted by Gasteiger charge is 2.09. The summed E-state index contributed by atoms with van der Waals surface area (Å²) < 4.78 is 7.31. The van der Waals surface area contributed by atoms with E-state index >= 15 is 0 Å². The molecule has 27 heavy (non-hydrogen) atoms. The topological polar surface area (TPSA) is 33.0 Å². The van der Waals surface area contributed by atoms with E-state index in [0.29, 0.717) is 13.0 Å². The van der Waals surface area contributed by atoms with E-state index in [9.17, 15) is 0 Å². The van der Waals surface area contributed by atoms with E-state index in [1.165, 1.54) is 21.2 Å². The summed E-state index contributed by atoms with van der Waals surface area (Å²) in [5.74, 6) is 6.80. The average molecular weight is 374 g/mol. The number of rotatable bonds is 7. The molecule has 136 valence electrons. The van der Waals surface area contributed by atoms with Crippen LogP contribution in [-0.4, -0.2) is 0 Å². The summed E-state index contributed by atoms with van der Waals surface area (Å²) in [5, 5.41) is 12.6. The highest BCUT2D eigenvalue weighted by Crippen LogP contribution is 2.28. The number of hydrogen-bond donors (Lipinski definition) is 0. The fourth-order valence-corrected chi connectivity index (χ4v) is 4.14. The third-order valence-electron chi connectivity index (χ3n) is 4.54. The van der Waals surface area contributed by atoms with Crippen LogP contribution in [0, 0.1) is 23.2 Å². The van der Waals surface area contributed by atoms with Gasteiger partial charge in [0.05, 0.1) is 18.4 Å². The molecule has 2 aromatic carbocycles. The Labute approximate surface area is 165 Å². The van der Waals surface area contributed by atoms with Crippen molar-refractivity contribution < 1.29 is 4.74 Å². The molecule has 3 heteroatoms. The lowest BCUT2D eigenvalue weighted by atomic mass is 9.97. The third-order valence-corrected chi connectivity index (χ3v) is 5.55. The second-order valence-corrected chi connectivity index (χ2v) is 7.42. The van der Waals surface area contributed by atoms with Crippen LogP contribution in [0.3, 0.4) is 0 Å². The summed E-state index contributed by atoms with van der Waals surface area (Å²) in [6.07, 6.45) is 2.69. The van der Waals surface area contributed by atoms with Gasteiger partial charge in [0.15, 0.2) is 0 Å². The Hall–Kier alpha value is -2.75. The van der Waals surface area contributed by atoms with Crippen LogP contribution in [0.2, 0.25) is 0 Å². The highest BCUT2D eigenvalue weighted by molar-refractivity contribution is 7.17. The number of ether oxygens (including phenoxy) is 1.